The molecule has 0 bridgehead atoms. The molecule has 1 saturated heterocycles. The molecule has 2 aromatic rings. The third-order valence-corrected chi connectivity index (χ3v) is 7.34. The number of rotatable bonds is 10. The highest BCUT2D eigenvalue weighted by Crippen LogP contribution is 2.41. The summed E-state index contributed by atoms with van der Waals surface area (Å²) in [4.78, 5) is 33.2. The number of carbonyl (C=O) groups is 2. The Morgan fingerprint density at radius 3 is 2.82 bits per heavy atom. The Labute approximate surface area is 204 Å². The Hall–Kier alpha value is -2.71. The van der Waals surface area contributed by atoms with Crippen LogP contribution in [0.2, 0.25) is 0 Å². The van der Waals surface area contributed by atoms with Crippen molar-refractivity contribution in [1.29, 1.82) is 0 Å². The van der Waals surface area contributed by atoms with Crippen molar-refractivity contribution >= 4 is 23.0 Å². The number of aliphatic hydroxyl groups excluding tert-OH is 1. The van der Waals surface area contributed by atoms with Crippen molar-refractivity contribution in [3.8, 4) is 5.75 Å². The Kier molecular flexibility index (Phi) is 7.68. The van der Waals surface area contributed by atoms with Crippen LogP contribution in [0.25, 0.3) is 0 Å². The van der Waals surface area contributed by atoms with Gasteiger partial charge in [0.2, 0.25) is 5.78 Å². The molecule has 34 heavy (non-hydrogen) atoms. The summed E-state index contributed by atoms with van der Waals surface area (Å²) < 4.78 is 11.7. The second-order valence-corrected chi connectivity index (χ2v) is 10.1. The Bertz CT molecular complexity index is 1090. The first-order chi connectivity index (χ1) is 16.4. The molecular weight excluding hydrogens is 452 g/mol. The van der Waals surface area contributed by atoms with E-state index >= 15 is 0 Å². The number of hydrogen-bond donors (Lipinski definition) is 1. The second-order valence-electron chi connectivity index (χ2n) is 8.86. The molecule has 8 heteroatoms. The number of nitrogens with zero attached hydrogens (tertiary/aromatic N) is 2. The molecule has 7 nitrogen and oxygen atoms in total. The largest absolute Gasteiger partial charge is 0.503 e. The third kappa shape index (κ3) is 5.03. The number of carbonyl (C=O) groups excluding carboxylic acids is 2. The minimum Gasteiger partial charge on any atom is -0.503 e. The van der Waals surface area contributed by atoms with Gasteiger partial charge in [0, 0.05) is 13.2 Å². The third-order valence-electron chi connectivity index (χ3n) is 6.27. The highest BCUT2D eigenvalue weighted by atomic mass is 32.1. The van der Waals surface area contributed by atoms with Crippen molar-refractivity contribution in [2.24, 2.45) is 0 Å². The number of aromatic nitrogens is 1. The van der Waals surface area contributed by atoms with Gasteiger partial charge in [-0.05, 0) is 50.8 Å². The van der Waals surface area contributed by atoms with Crippen LogP contribution < -0.4 is 4.74 Å². The van der Waals surface area contributed by atoms with Gasteiger partial charge in [0.05, 0.1) is 39.9 Å². The topological polar surface area (TPSA) is 89.0 Å². The van der Waals surface area contributed by atoms with Crippen LogP contribution in [0.5, 0.6) is 5.75 Å². The van der Waals surface area contributed by atoms with Crippen LogP contribution in [0, 0.1) is 13.8 Å². The summed E-state index contributed by atoms with van der Waals surface area (Å²) in [7, 11) is 0. The molecule has 1 aromatic heterocycles. The lowest BCUT2D eigenvalue weighted by atomic mass is 9.94. The highest BCUT2D eigenvalue weighted by Gasteiger charge is 2.45. The van der Waals surface area contributed by atoms with E-state index in [9.17, 15) is 14.7 Å². The van der Waals surface area contributed by atoms with E-state index in [0.717, 1.165) is 42.7 Å². The summed E-state index contributed by atoms with van der Waals surface area (Å²) >= 11 is 1.28. The van der Waals surface area contributed by atoms with E-state index in [1.807, 2.05) is 31.2 Å². The zero-order chi connectivity index (χ0) is 24.2. The molecule has 4 rings (SSSR count). The molecular formula is C26H32N2O5S. The van der Waals surface area contributed by atoms with Crippen LogP contribution in [0.1, 0.15) is 71.0 Å². The fourth-order valence-corrected chi connectivity index (χ4v) is 5.48. The van der Waals surface area contributed by atoms with Crippen LogP contribution >= 0.6 is 11.3 Å². The van der Waals surface area contributed by atoms with Crippen molar-refractivity contribution in [3.63, 3.8) is 0 Å². The summed E-state index contributed by atoms with van der Waals surface area (Å²) in [6.07, 6.45) is 4.82. The predicted molar refractivity (Wildman–Crippen MR) is 130 cm³/mol. The summed E-state index contributed by atoms with van der Waals surface area (Å²) in [5.74, 6) is -0.714. The first kappa shape index (κ1) is 24.4. The Morgan fingerprint density at radius 1 is 1.32 bits per heavy atom. The lowest BCUT2D eigenvalue weighted by Crippen LogP contribution is -2.37. The van der Waals surface area contributed by atoms with Crippen molar-refractivity contribution in [2.75, 3.05) is 19.8 Å². The number of ketones is 1. The summed E-state index contributed by atoms with van der Waals surface area (Å²) in [5.41, 5.74) is 1.42. The molecule has 1 aromatic carbocycles. The Morgan fingerprint density at radius 2 is 2.15 bits per heavy atom. The number of benzene rings is 1. The number of hydrogen-bond acceptors (Lipinski definition) is 7. The smallest absolute Gasteiger partial charge is 0.290 e. The first-order valence-corrected chi connectivity index (χ1v) is 12.8. The zero-order valence-corrected chi connectivity index (χ0v) is 20.8. The van der Waals surface area contributed by atoms with Crippen LogP contribution in [0.3, 0.4) is 0 Å². The van der Waals surface area contributed by atoms with Gasteiger partial charge in [-0.3, -0.25) is 9.59 Å². The number of Topliss-reactive ketones (excluding diaryl/α,β-unsaturated/α-hetero) is 1. The number of amides is 1. The normalized spacial score (nSPS) is 20.4. The monoisotopic (exact) mass is 484 g/mol. The first-order valence-electron chi connectivity index (χ1n) is 12.0. The molecule has 2 aliphatic heterocycles. The molecule has 1 amide bonds. The molecule has 2 atom stereocenters. The number of aliphatic hydroxyl groups is 1. The van der Waals surface area contributed by atoms with Gasteiger partial charge in [0.25, 0.3) is 5.91 Å². The average molecular weight is 485 g/mol. The van der Waals surface area contributed by atoms with E-state index < -0.39 is 17.7 Å². The van der Waals surface area contributed by atoms with Gasteiger partial charge >= 0.3 is 0 Å². The number of unbranched alkanes of at least 4 members (excludes halogenated alkanes) is 2. The highest BCUT2D eigenvalue weighted by molar-refractivity contribution is 7.14. The van der Waals surface area contributed by atoms with Crippen molar-refractivity contribution < 1.29 is 24.2 Å². The molecule has 0 saturated carbocycles. The summed E-state index contributed by atoms with van der Waals surface area (Å²) in [6, 6.07) is 6.75. The van der Waals surface area contributed by atoms with Gasteiger partial charge in [-0.25, -0.2) is 4.98 Å². The maximum absolute atomic E-state index is 13.6. The molecule has 2 aliphatic rings. The minimum atomic E-state index is -0.717. The fraction of sp³-hybridized carbons (Fsp3) is 0.500. The number of thiazole rings is 1. The maximum Gasteiger partial charge on any atom is 0.290 e. The van der Waals surface area contributed by atoms with Crippen LogP contribution in [0.4, 0.5) is 0 Å². The quantitative estimate of drug-likeness (QED) is 0.373. The van der Waals surface area contributed by atoms with Gasteiger partial charge in [0.1, 0.15) is 5.75 Å². The van der Waals surface area contributed by atoms with E-state index in [-0.39, 0.29) is 17.5 Å². The summed E-state index contributed by atoms with van der Waals surface area (Å²) in [5, 5.41) is 11.7. The van der Waals surface area contributed by atoms with Crippen LogP contribution in [0.15, 0.2) is 35.6 Å². The molecule has 3 heterocycles. The van der Waals surface area contributed by atoms with Gasteiger partial charge < -0.3 is 19.5 Å². The summed E-state index contributed by atoms with van der Waals surface area (Å²) in [6.45, 7) is 7.32. The van der Waals surface area contributed by atoms with Crippen molar-refractivity contribution in [3.05, 3.63) is 56.7 Å². The fourth-order valence-electron chi connectivity index (χ4n) is 4.61. The zero-order valence-electron chi connectivity index (χ0n) is 20.0. The van der Waals surface area contributed by atoms with Gasteiger partial charge in [-0.1, -0.05) is 31.9 Å². The number of aryl methyl sites for hydroxylation is 2. The molecule has 182 valence electrons. The van der Waals surface area contributed by atoms with Gasteiger partial charge in [-0.15, -0.1) is 11.3 Å². The van der Waals surface area contributed by atoms with Gasteiger partial charge in [0.15, 0.2) is 5.76 Å². The van der Waals surface area contributed by atoms with E-state index in [2.05, 4.69) is 11.9 Å². The van der Waals surface area contributed by atoms with E-state index in [0.29, 0.717) is 36.1 Å². The molecule has 1 fully saturated rings. The predicted octanol–water partition coefficient (Wildman–Crippen LogP) is 5.09. The van der Waals surface area contributed by atoms with E-state index in [1.54, 1.807) is 11.8 Å². The Balaban J connectivity index is 1.70. The standard InChI is InChI=1S/C26H32N2O5S/c1-4-5-6-12-32-19-10-7-9-18(14-19)22-21(23(29)25-16(2)27-17(3)34-25)24(30)26(31)28(22)15-20-11-8-13-33-20/h7,9-10,14,20,22,30H,4-6,8,11-13,15H2,1-3H3. The second kappa shape index (κ2) is 10.7. The van der Waals surface area contributed by atoms with Crippen LogP contribution in [-0.2, 0) is 9.53 Å². The molecule has 0 radical (unpaired) electrons. The maximum atomic E-state index is 13.6. The van der Waals surface area contributed by atoms with Crippen LogP contribution in [-0.4, -0.2) is 52.5 Å². The SMILES string of the molecule is CCCCCOc1cccc(C2C(C(=O)c3sc(C)nc3C)=C(O)C(=O)N2CC2CCCO2)c1. The lowest BCUT2D eigenvalue weighted by Gasteiger charge is -2.29. The molecule has 0 spiro atoms. The van der Waals surface area contributed by atoms with E-state index in [1.165, 1.54) is 11.3 Å². The van der Waals surface area contributed by atoms with Crippen molar-refractivity contribution in [2.45, 2.75) is 65.0 Å². The molecule has 2 unspecified atom stereocenters. The number of ether oxygens (including phenoxy) is 2. The molecule has 1 N–H and O–H groups in total. The van der Waals surface area contributed by atoms with Crippen molar-refractivity contribution in [1.82, 2.24) is 9.88 Å². The van der Waals surface area contributed by atoms with E-state index in [4.69, 9.17) is 9.47 Å². The molecule has 0 aliphatic carbocycles. The van der Waals surface area contributed by atoms with Gasteiger partial charge in [-0.2, -0.15) is 0 Å². The lowest BCUT2D eigenvalue weighted by molar-refractivity contribution is -0.131. The average Bonchev–Trinajstić information content (AvgIpc) is 3.52. The minimum absolute atomic E-state index is 0.0953.